The number of hydrogen-bond donors (Lipinski definition) is 2. The third-order valence-corrected chi connectivity index (χ3v) is 5.32. The molecule has 2 unspecified atom stereocenters. The number of carbonyl (C=O) groups is 1. The van der Waals surface area contributed by atoms with Gasteiger partial charge in [0, 0.05) is 13.2 Å². The molecular formula is C17H31NO3. The van der Waals surface area contributed by atoms with E-state index in [1.807, 2.05) is 0 Å². The Labute approximate surface area is 128 Å². The fraction of sp³-hybridized carbons (Fsp3) is 0.941. The van der Waals surface area contributed by atoms with Crippen LogP contribution < -0.4 is 5.32 Å². The van der Waals surface area contributed by atoms with Crippen LogP contribution in [0.15, 0.2) is 0 Å². The maximum Gasteiger partial charge on any atom is 0.320 e. The van der Waals surface area contributed by atoms with Crippen molar-refractivity contribution in [3.63, 3.8) is 0 Å². The monoisotopic (exact) mass is 297 g/mol. The summed E-state index contributed by atoms with van der Waals surface area (Å²) in [5, 5.41) is 12.8. The maximum absolute atomic E-state index is 11.6. The van der Waals surface area contributed by atoms with E-state index in [1.165, 1.54) is 0 Å². The Morgan fingerprint density at radius 1 is 1.24 bits per heavy atom. The molecule has 1 saturated carbocycles. The highest BCUT2D eigenvalue weighted by atomic mass is 16.5. The molecule has 4 nitrogen and oxygen atoms in total. The van der Waals surface area contributed by atoms with Crippen molar-refractivity contribution in [1.82, 2.24) is 5.32 Å². The normalized spacial score (nSPS) is 32.0. The third-order valence-electron chi connectivity index (χ3n) is 5.32. The molecule has 1 heterocycles. The number of aliphatic carboxylic acids is 1. The average Bonchev–Trinajstić information content (AvgIpc) is 2.91. The van der Waals surface area contributed by atoms with Crippen LogP contribution >= 0.6 is 0 Å². The summed E-state index contributed by atoms with van der Waals surface area (Å²) in [7, 11) is 0. The Morgan fingerprint density at radius 2 is 1.90 bits per heavy atom. The largest absolute Gasteiger partial charge is 0.480 e. The van der Waals surface area contributed by atoms with Gasteiger partial charge in [-0.25, -0.2) is 0 Å². The molecule has 1 aliphatic carbocycles. The molecular weight excluding hydrogens is 266 g/mol. The van der Waals surface area contributed by atoms with Crippen molar-refractivity contribution in [2.75, 3.05) is 13.2 Å². The van der Waals surface area contributed by atoms with Crippen molar-refractivity contribution in [1.29, 1.82) is 0 Å². The summed E-state index contributed by atoms with van der Waals surface area (Å²) in [4.78, 5) is 11.6. The minimum Gasteiger partial charge on any atom is -0.480 e. The fourth-order valence-electron chi connectivity index (χ4n) is 3.84. The number of hydrogen-bond acceptors (Lipinski definition) is 3. The van der Waals surface area contributed by atoms with E-state index < -0.39 is 12.0 Å². The second-order valence-electron chi connectivity index (χ2n) is 7.84. The molecule has 4 heteroatoms. The SMILES string of the molecule is CC(C)(C)C1CCC(C(NCC2CCCO2)C(=O)O)CC1. The van der Waals surface area contributed by atoms with Crippen LogP contribution in [0.3, 0.4) is 0 Å². The van der Waals surface area contributed by atoms with E-state index in [4.69, 9.17) is 4.74 Å². The molecule has 2 N–H and O–H groups in total. The summed E-state index contributed by atoms with van der Waals surface area (Å²) in [5.74, 6) is 0.288. The van der Waals surface area contributed by atoms with E-state index in [-0.39, 0.29) is 12.0 Å². The van der Waals surface area contributed by atoms with Gasteiger partial charge in [0.1, 0.15) is 6.04 Å². The Kier molecular flexibility index (Phi) is 5.67. The van der Waals surface area contributed by atoms with Crippen LogP contribution in [-0.4, -0.2) is 36.4 Å². The van der Waals surface area contributed by atoms with E-state index in [0.29, 0.717) is 12.0 Å². The number of ether oxygens (including phenoxy) is 1. The van der Waals surface area contributed by atoms with Gasteiger partial charge < -0.3 is 15.2 Å². The second-order valence-corrected chi connectivity index (χ2v) is 7.84. The highest BCUT2D eigenvalue weighted by Gasteiger charge is 2.35. The first-order chi connectivity index (χ1) is 9.88. The average molecular weight is 297 g/mol. The molecule has 2 rings (SSSR count). The Morgan fingerprint density at radius 3 is 2.38 bits per heavy atom. The zero-order valence-corrected chi connectivity index (χ0v) is 13.7. The molecule has 0 radical (unpaired) electrons. The standard InChI is InChI=1S/C17H31NO3/c1-17(2,3)13-8-6-12(7-9-13)15(16(19)20)18-11-14-5-4-10-21-14/h12-15,18H,4-11H2,1-3H3,(H,19,20). The van der Waals surface area contributed by atoms with Gasteiger partial charge in [-0.3, -0.25) is 4.79 Å². The van der Waals surface area contributed by atoms with Crippen molar-refractivity contribution in [3.8, 4) is 0 Å². The molecule has 0 bridgehead atoms. The van der Waals surface area contributed by atoms with Gasteiger partial charge in [-0.1, -0.05) is 20.8 Å². The predicted molar refractivity (Wildman–Crippen MR) is 83.3 cm³/mol. The Hall–Kier alpha value is -0.610. The van der Waals surface area contributed by atoms with Crippen molar-refractivity contribution in [3.05, 3.63) is 0 Å². The van der Waals surface area contributed by atoms with Gasteiger partial charge in [0.25, 0.3) is 0 Å². The molecule has 0 aromatic rings. The zero-order valence-electron chi connectivity index (χ0n) is 13.7. The lowest BCUT2D eigenvalue weighted by Crippen LogP contribution is -2.47. The summed E-state index contributed by atoms with van der Waals surface area (Å²) in [6.07, 6.45) is 6.71. The highest BCUT2D eigenvalue weighted by Crippen LogP contribution is 2.40. The van der Waals surface area contributed by atoms with Crippen LogP contribution in [0.4, 0.5) is 0 Å². The van der Waals surface area contributed by atoms with E-state index in [1.54, 1.807) is 0 Å². The molecule has 21 heavy (non-hydrogen) atoms. The lowest BCUT2D eigenvalue weighted by molar-refractivity contribution is -0.141. The van der Waals surface area contributed by atoms with E-state index in [2.05, 4.69) is 26.1 Å². The van der Waals surface area contributed by atoms with Gasteiger partial charge in [-0.05, 0) is 55.8 Å². The topological polar surface area (TPSA) is 58.6 Å². The summed E-state index contributed by atoms with van der Waals surface area (Å²) in [6, 6.07) is -0.407. The van der Waals surface area contributed by atoms with Crippen LogP contribution in [-0.2, 0) is 9.53 Å². The molecule has 2 aliphatic rings. The molecule has 0 amide bonds. The summed E-state index contributed by atoms with van der Waals surface area (Å²) >= 11 is 0. The van der Waals surface area contributed by atoms with Crippen molar-refractivity contribution in [2.45, 2.75) is 71.4 Å². The number of carboxylic acid groups (broad SMARTS) is 1. The van der Waals surface area contributed by atoms with Crippen molar-refractivity contribution >= 4 is 5.97 Å². The molecule has 1 aliphatic heterocycles. The van der Waals surface area contributed by atoms with Gasteiger partial charge in [0.2, 0.25) is 0 Å². The quantitative estimate of drug-likeness (QED) is 0.819. The summed E-state index contributed by atoms with van der Waals surface area (Å²) in [6.45, 7) is 8.38. The van der Waals surface area contributed by atoms with Gasteiger partial charge in [0.05, 0.1) is 6.10 Å². The minimum absolute atomic E-state index is 0.206. The molecule has 2 fully saturated rings. The first-order valence-corrected chi connectivity index (χ1v) is 8.45. The van der Waals surface area contributed by atoms with Crippen LogP contribution in [0.5, 0.6) is 0 Å². The van der Waals surface area contributed by atoms with Gasteiger partial charge in [-0.2, -0.15) is 0 Å². The number of nitrogens with one attached hydrogen (secondary N) is 1. The smallest absolute Gasteiger partial charge is 0.320 e. The van der Waals surface area contributed by atoms with E-state index >= 15 is 0 Å². The van der Waals surface area contributed by atoms with E-state index in [9.17, 15) is 9.90 Å². The predicted octanol–water partition coefficient (Wildman–Crippen LogP) is 3.06. The van der Waals surface area contributed by atoms with E-state index in [0.717, 1.165) is 51.0 Å². The van der Waals surface area contributed by atoms with Crippen LogP contribution in [0.1, 0.15) is 59.3 Å². The lowest BCUT2D eigenvalue weighted by Gasteiger charge is -2.38. The van der Waals surface area contributed by atoms with Crippen LogP contribution in [0, 0.1) is 17.3 Å². The zero-order chi connectivity index (χ0) is 15.5. The Bertz CT molecular complexity index is 336. The molecule has 0 spiro atoms. The highest BCUT2D eigenvalue weighted by molar-refractivity contribution is 5.73. The first-order valence-electron chi connectivity index (χ1n) is 8.45. The van der Waals surface area contributed by atoms with Gasteiger partial charge in [-0.15, -0.1) is 0 Å². The van der Waals surface area contributed by atoms with Gasteiger partial charge in [0.15, 0.2) is 0 Å². The van der Waals surface area contributed by atoms with Crippen molar-refractivity contribution in [2.24, 2.45) is 17.3 Å². The molecule has 0 aromatic carbocycles. The van der Waals surface area contributed by atoms with Gasteiger partial charge >= 0.3 is 5.97 Å². The number of carboxylic acids is 1. The fourth-order valence-corrected chi connectivity index (χ4v) is 3.84. The Balaban J connectivity index is 1.83. The van der Waals surface area contributed by atoms with Crippen LogP contribution in [0.25, 0.3) is 0 Å². The molecule has 1 saturated heterocycles. The third kappa shape index (κ3) is 4.68. The maximum atomic E-state index is 11.6. The number of rotatable bonds is 5. The minimum atomic E-state index is -0.702. The first kappa shape index (κ1) is 16.8. The molecule has 2 atom stereocenters. The van der Waals surface area contributed by atoms with Crippen LogP contribution in [0.2, 0.25) is 0 Å². The van der Waals surface area contributed by atoms with Crippen molar-refractivity contribution < 1.29 is 14.6 Å². The molecule has 0 aromatic heterocycles. The lowest BCUT2D eigenvalue weighted by atomic mass is 9.68. The second kappa shape index (κ2) is 7.10. The molecule has 122 valence electrons. The summed E-state index contributed by atoms with van der Waals surface area (Å²) < 4.78 is 5.58. The summed E-state index contributed by atoms with van der Waals surface area (Å²) in [5.41, 5.74) is 0.342.